The van der Waals surface area contributed by atoms with E-state index in [1.54, 1.807) is 12.1 Å². The third kappa shape index (κ3) is 2.45. The first-order valence-corrected chi connectivity index (χ1v) is 12.3. The Morgan fingerprint density at radius 2 is 1.31 bits per heavy atom. The molecule has 2 heterocycles. The summed E-state index contributed by atoms with van der Waals surface area (Å²) < 4.78 is 23.0. The van der Waals surface area contributed by atoms with Crippen LogP contribution >= 0.6 is 0 Å². The first-order valence-electron chi connectivity index (χ1n) is 12.3. The smallest absolute Gasteiger partial charge is 0.135 e. The average molecular weight is 468 g/mol. The summed E-state index contributed by atoms with van der Waals surface area (Å²) in [5.74, 6) is -0.220. The Hall–Kier alpha value is -4.37. The van der Waals surface area contributed by atoms with Crippen LogP contribution in [0.2, 0.25) is 0 Å². The molecule has 3 heteroatoms. The van der Waals surface area contributed by atoms with Crippen molar-refractivity contribution < 1.29 is 8.81 Å². The van der Waals surface area contributed by atoms with Crippen molar-refractivity contribution in [3.8, 4) is 16.8 Å². The van der Waals surface area contributed by atoms with Gasteiger partial charge in [0.1, 0.15) is 17.0 Å². The van der Waals surface area contributed by atoms with Crippen molar-refractivity contribution in [2.24, 2.45) is 0 Å². The number of rotatable bonds is 1. The van der Waals surface area contributed by atoms with Gasteiger partial charge in [-0.1, -0.05) is 50.2 Å². The van der Waals surface area contributed by atoms with E-state index < -0.39 is 0 Å². The van der Waals surface area contributed by atoms with Gasteiger partial charge in [-0.05, 0) is 82.9 Å². The summed E-state index contributed by atoms with van der Waals surface area (Å²) in [6.45, 7) is 4.57. The third-order valence-corrected chi connectivity index (χ3v) is 8.03. The lowest BCUT2D eigenvalue weighted by Gasteiger charge is -2.21. The van der Waals surface area contributed by atoms with Crippen LogP contribution in [0.25, 0.3) is 60.6 Å². The van der Waals surface area contributed by atoms with Gasteiger partial charge in [-0.15, -0.1) is 0 Å². The van der Waals surface area contributed by atoms with Crippen molar-refractivity contribution in [3.63, 3.8) is 0 Å². The van der Waals surface area contributed by atoms with Crippen molar-refractivity contribution in [1.82, 2.24) is 4.57 Å². The van der Waals surface area contributed by atoms with Gasteiger partial charge in [0, 0.05) is 32.6 Å². The number of benzene rings is 5. The van der Waals surface area contributed by atoms with Crippen molar-refractivity contribution in [2.45, 2.75) is 19.3 Å². The van der Waals surface area contributed by atoms with Crippen LogP contribution in [0.5, 0.6) is 0 Å². The van der Waals surface area contributed by atoms with Gasteiger partial charge in [-0.2, -0.15) is 0 Å². The van der Waals surface area contributed by atoms with Crippen molar-refractivity contribution in [3.05, 3.63) is 114 Å². The number of para-hydroxylation sites is 2. The number of aromatic nitrogens is 1. The highest BCUT2D eigenvalue weighted by Gasteiger charge is 2.37. The Kier molecular flexibility index (Phi) is 3.67. The fraction of sp³-hybridized carbons (Fsp3) is 0.0909. The molecule has 2 aromatic heterocycles. The van der Waals surface area contributed by atoms with Crippen LogP contribution in [0.1, 0.15) is 25.0 Å². The Bertz CT molecular complexity index is 2020. The number of halogens is 1. The summed E-state index contributed by atoms with van der Waals surface area (Å²) in [5.41, 5.74) is 9.79. The maximum absolute atomic E-state index is 14.5. The minimum atomic E-state index is -0.220. The van der Waals surface area contributed by atoms with Gasteiger partial charge in [0.15, 0.2) is 0 Å². The summed E-state index contributed by atoms with van der Waals surface area (Å²) >= 11 is 0. The van der Waals surface area contributed by atoms with Gasteiger partial charge in [-0.3, -0.25) is 0 Å². The molecular weight excluding hydrogens is 445 g/mol. The second-order valence-electron chi connectivity index (χ2n) is 10.4. The Labute approximate surface area is 207 Å². The van der Waals surface area contributed by atoms with Crippen LogP contribution in [0.15, 0.2) is 101 Å². The minimum absolute atomic E-state index is 0.199. The van der Waals surface area contributed by atoms with Gasteiger partial charge in [0.25, 0.3) is 0 Å². The Morgan fingerprint density at radius 3 is 2.14 bits per heavy atom. The van der Waals surface area contributed by atoms with Crippen molar-refractivity contribution in [2.75, 3.05) is 0 Å². The topological polar surface area (TPSA) is 18.1 Å². The standard InChI is InChI=1S/C33H22FNO/c1-33(2)27-17-30-25(24-14-19(34)12-13-29(24)35(30)20-8-4-3-5-9-20)15-22(27)23-16-26-21-10-6-7-11-31(21)36-32(26)18-28(23)33/h3-18H,1-2H3. The quantitative estimate of drug-likeness (QED) is 0.235. The molecule has 0 saturated heterocycles. The molecule has 7 aromatic rings. The fourth-order valence-corrected chi connectivity index (χ4v) is 6.29. The first kappa shape index (κ1) is 19.9. The molecule has 0 aliphatic heterocycles. The highest BCUT2D eigenvalue weighted by atomic mass is 19.1. The molecular formula is C33H22FNO. The normalized spacial score (nSPS) is 14.2. The van der Waals surface area contributed by atoms with E-state index in [9.17, 15) is 4.39 Å². The van der Waals surface area contributed by atoms with Crippen LogP contribution in [0, 0.1) is 5.82 Å². The molecule has 0 fully saturated rings. The van der Waals surface area contributed by atoms with Gasteiger partial charge in [-0.25, -0.2) is 4.39 Å². The van der Waals surface area contributed by atoms with Gasteiger partial charge in [0.2, 0.25) is 0 Å². The number of furan rings is 1. The van der Waals surface area contributed by atoms with Gasteiger partial charge >= 0.3 is 0 Å². The highest BCUT2D eigenvalue weighted by Crippen LogP contribution is 2.52. The molecule has 172 valence electrons. The van der Waals surface area contributed by atoms with Crippen LogP contribution in [0.3, 0.4) is 0 Å². The lowest BCUT2D eigenvalue weighted by Crippen LogP contribution is -2.15. The second kappa shape index (κ2) is 6.64. The lowest BCUT2D eigenvalue weighted by molar-refractivity contribution is 0.629. The van der Waals surface area contributed by atoms with Crippen molar-refractivity contribution in [1.29, 1.82) is 0 Å². The van der Waals surface area contributed by atoms with Crippen LogP contribution in [-0.4, -0.2) is 4.57 Å². The van der Waals surface area contributed by atoms with Crippen LogP contribution in [-0.2, 0) is 5.41 Å². The molecule has 0 bridgehead atoms. The van der Waals surface area contributed by atoms with Crippen molar-refractivity contribution >= 4 is 43.7 Å². The van der Waals surface area contributed by atoms with E-state index >= 15 is 0 Å². The summed E-state index contributed by atoms with van der Waals surface area (Å²) in [5, 5.41) is 4.25. The Balaban J connectivity index is 1.50. The monoisotopic (exact) mass is 467 g/mol. The van der Waals surface area contributed by atoms with E-state index in [2.05, 4.69) is 66.9 Å². The van der Waals surface area contributed by atoms with Gasteiger partial charge < -0.3 is 8.98 Å². The van der Waals surface area contributed by atoms with E-state index in [-0.39, 0.29) is 11.2 Å². The molecule has 0 spiro atoms. The largest absolute Gasteiger partial charge is 0.456 e. The predicted octanol–water partition coefficient (Wildman–Crippen LogP) is 9.13. The molecule has 0 N–H and O–H groups in total. The number of hydrogen-bond acceptors (Lipinski definition) is 1. The molecule has 0 saturated carbocycles. The second-order valence-corrected chi connectivity index (χ2v) is 10.4. The molecule has 36 heavy (non-hydrogen) atoms. The average Bonchev–Trinajstić information content (AvgIpc) is 3.48. The molecule has 1 aliphatic rings. The number of hydrogen-bond donors (Lipinski definition) is 0. The molecule has 0 amide bonds. The third-order valence-electron chi connectivity index (χ3n) is 8.03. The summed E-state index contributed by atoms with van der Waals surface area (Å²) in [6.07, 6.45) is 0. The maximum atomic E-state index is 14.5. The summed E-state index contributed by atoms with van der Waals surface area (Å²) in [6, 6.07) is 32.7. The zero-order valence-corrected chi connectivity index (χ0v) is 20.0. The van der Waals surface area contributed by atoms with Gasteiger partial charge in [0.05, 0.1) is 11.0 Å². The molecule has 0 atom stereocenters. The van der Waals surface area contributed by atoms with Crippen LogP contribution in [0.4, 0.5) is 4.39 Å². The maximum Gasteiger partial charge on any atom is 0.135 e. The molecule has 5 aromatic carbocycles. The number of nitrogens with zero attached hydrogens (tertiary/aromatic N) is 1. The molecule has 0 radical (unpaired) electrons. The summed E-state index contributed by atoms with van der Waals surface area (Å²) in [4.78, 5) is 0. The zero-order valence-electron chi connectivity index (χ0n) is 20.0. The minimum Gasteiger partial charge on any atom is -0.456 e. The van der Waals surface area contributed by atoms with E-state index in [1.165, 1.54) is 22.3 Å². The fourth-order valence-electron chi connectivity index (χ4n) is 6.29. The molecule has 0 unspecified atom stereocenters. The molecule has 8 rings (SSSR count). The molecule has 1 aliphatic carbocycles. The zero-order chi connectivity index (χ0) is 24.2. The van der Waals surface area contributed by atoms with Crippen LogP contribution < -0.4 is 0 Å². The summed E-state index contributed by atoms with van der Waals surface area (Å²) in [7, 11) is 0. The SMILES string of the molecule is CC1(C)c2cc3oc4ccccc4c3cc2-c2cc3c4cc(F)ccc4n(-c4ccccc4)c3cc21. The highest BCUT2D eigenvalue weighted by molar-refractivity contribution is 6.13. The van der Waals surface area contributed by atoms with E-state index in [0.29, 0.717) is 0 Å². The predicted molar refractivity (Wildman–Crippen MR) is 146 cm³/mol. The van der Waals surface area contributed by atoms with E-state index in [0.717, 1.165) is 49.4 Å². The first-order chi connectivity index (χ1) is 17.5. The van der Waals surface area contributed by atoms with E-state index in [1.807, 2.05) is 36.4 Å². The Morgan fingerprint density at radius 1 is 0.611 bits per heavy atom. The number of fused-ring (bicyclic) bond motifs is 9. The molecule has 2 nitrogen and oxygen atoms in total. The lowest BCUT2D eigenvalue weighted by atomic mass is 9.82. The van der Waals surface area contributed by atoms with E-state index in [4.69, 9.17) is 4.42 Å².